The number of amides is 1. The van der Waals surface area contributed by atoms with Crippen molar-refractivity contribution >= 4 is 23.4 Å². The minimum absolute atomic E-state index is 0.258. The van der Waals surface area contributed by atoms with E-state index in [0.29, 0.717) is 6.42 Å². The molecule has 0 atom stereocenters. The number of hydrogen-bond donors (Lipinski definition) is 1. The third-order valence-corrected chi connectivity index (χ3v) is 3.86. The van der Waals surface area contributed by atoms with E-state index in [9.17, 15) is 4.79 Å². The molecule has 0 spiro atoms. The Morgan fingerprint density at radius 3 is 2.67 bits per heavy atom. The summed E-state index contributed by atoms with van der Waals surface area (Å²) in [4.78, 5) is 14.8. The minimum atomic E-state index is 0.258. The molecule has 0 saturated heterocycles. The fraction of sp³-hybridized carbons (Fsp3) is 0.500. The maximum absolute atomic E-state index is 11.8. The largest absolute Gasteiger partial charge is 0.399 e. The lowest BCUT2D eigenvalue weighted by molar-refractivity contribution is -0.130. The summed E-state index contributed by atoms with van der Waals surface area (Å²) in [6.07, 6.45) is 1.55. The molecule has 0 aromatic heterocycles. The van der Waals surface area contributed by atoms with Crippen LogP contribution in [0.5, 0.6) is 0 Å². The highest BCUT2D eigenvalue weighted by Gasteiger charge is 2.08. The lowest BCUT2D eigenvalue weighted by atomic mass is 10.3. The molecule has 0 aliphatic rings. The monoisotopic (exact) mass is 266 g/mol. The van der Waals surface area contributed by atoms with Crippen molar-refractivity contribution < 1.29 is 4.79 Å². The molecule has 1 aromatic rings. The highest BCUT2D eigenvalue weighted by molar-refractivity contribution is 7.99. The standard InChI is InChI=1S/C14H22N2OS/c1-3-16(4-2)14(17)9-6-10-18-13-8-5-7-12(15)11-13/h5,7-8,11H,3-4,6,9-10,15H2,1-2H3. The molecule has 0 radical (unpaired) electrons. The van der Waals surface area contributed by atoms with Crippen molar-refractivity contribution in [1.29, 1.82) is 0 Å². The van der Waals surface area contributed by atoms with Gasteiger partial charge in [-0.1, -0.05) is 6.07 Å². The third kappa shape index (κ3) is 5.00. The molecule has 1 rings (SSSR count). The smallest absolute Gasteiger partial charge is 0.222 e. The van der Waals surface area contributed by atoms with Crippen molar-refractivity contribution in [1.82, 2.24) is 4.90 Å². The summed E-state index contributed by atoms with van der Waals surface area (Å²) in [5.74, 6) is 1.21. The molecule has 1 aromatic carbocycles. The summed E-state index contributed by atoms with van der Waals surface area (Å²) in [6, 6.07) is 7.86. The fourth-order valence-corrected chi connectivity index (χ4v) is 2.67. The maximum atomic E-state index is 11.8. The van der Waals surface area contributed by atoms with Crippen molar-refractivity contribution in [3.63, 3.8) is 0 Å². The molecule has 100 valence electrons. The number of carbonyl (C=O) groups is 1. The number of nitrogens with zero attached hydrogens (tertiary/aromatic N) is 1. The molecule has 0 heterocycles. The van der Waals surface area contributed by atoms with Gasteiger partial charge in [0.25, 0.3) is 0 Å². The van der Waals surface area contributed by atoms with Crippen LogP contribution in [-0.2, 0) is 4.79 Å². The van der Waals surface area contributed by atoms with Gasteiger partial charge in [0.05, 0.1) is 0 Å². The molecule has 0 unspecified atom stereocenters. The van der Waals surface area contributed by atoms with Crippen LogP contribution < -0.4 is 5.73 Å². The molecular formula is C14H22N2OS. The van der Waals surface area contributed by atoms with E-state index in [4.69, 9.17) is 5.73 Å². The summed E-state index contributed by atoms with van der Waals surface area (Å²) in [5.41, 5.74) is 6.50. The van der Waals surface area contributed by atoms with Gasteiger partial charge in [0.1, 0.15) is 0 Å². The number of carbonyl (C=O) groups excluding carboxylic acids is 1. The Morgan fingerprint density at radius 1 is 1.33 bits per heavy atom. The maximum Gasteiger partial charge on any atom is 0.222 e. The van der Waals surface area contributed by atoms with Crippen molar-refractivity contribution in [2.24, 2.45) is 0 Å². The third-order valence-electron chi connectivity index (χ3n) is 2.78. The van der Waals surface area contributed by atoms with Crippen LogP contribution >= 0.6 is 11.8 Å². The number of thioether (sulfide) groups is 1. The van der Waals surface area contributed by atoms with Crippen molar-refractivity contribution in [2.75, 3.05) is 24.6 Å². The zero-order valence-electron chi connectivity index (χ0n) is 11.2. The zero-order valence-corrected chi connectivity index (χ0v) is 12.0. The number of anilines is 1. The lowest BCUT2D eigenvalue weighted by Gasteiger charge is -2.18. The van der Waals surface area contributed by atoms with Gasteiger partial charge >= 0.3 is 0 Å². The second-order valence-electron chi connectivity index (χ2n) is 4.09. The topological polar surface area (TPSA) is 46.3 Å². The quantitative estimate of drug-likeness (QED) is 0.469. The van der Waals surface area contributed by atoms with Crippen molar-refractivity contribution in [3.05, 3.63) is 24.3 Å². The summed E-state index contributed by atoms with van der Waals surface area (Å²) < 4.78 is 0. The van der Waals surface area contributed by atoms with Gasteiger partial charge in [-0.25, -0.2) is 0 Å². The predicted octanol–water partition coefficient (Wildman–Crippen LogP) is 3.01. The van der Waals surface area contributed by atoms with Gasteiger partial charge in [0.2, 0.25) is 5.91 Å². The molecule has 3 nitrogen and oxygen atoms in total. The Labute approximate surface area is 114 Å². The first kappa shape index (κ1) is 14.9. The number of nitrogen functional groups attached to an aromatic ring is 1. The molecule has 0 saturated carbocycles. The molecule has 0 aliphatic carbocycles. The Kier molecular flexibility index (Phi) is 6.65. The van der Waals surface area contributed by atoms with E-state index in [1.54, 1.807) is 11.8 Å². The summed E-state index contributed by atoms with van der Waals surface area (Å²) in [7, 11) is 0. The highest BCUT2D eigenvalue weighted by Crippen LogP contribution is 2.21. The van der Waals surface area contributed by atoms with E-state index in [0.717, 1.165) is 31.0 Å². The van der Waals surface area contributed by atoms with Gasteiger partial charge in [0, 0.05) is 30.1 Å². The van der Waals surface area contributed by atoms with Crippen LogP contribution in [-0.4, -0.2) is 29.6 Å². The second-order valence-corrected chi connectivity index (χ2v) is 5.26. The van der Waals surface area contributed by atoms with Crippen molar-refractivity contribution in [2.45, 2.75) is 31.6 Å². The molecule has 18 heavy (non-hydrogen) atoms. The summed E-state index contributed by atoms with van der Waals surface area (Å²) in [6.45, 7) is 5.64. The van der Waals surface area contributed by atoms with Gasteiger partial charge in [0.15, 0.2) is 0 Å². The molecule has 0 fully saturated rings. The number of hydrogen-bond acceptors (Lipinski definition) is 3. The van der Waals surface area contributed by atoms with Gasteiger partial charge < -0.3 is 10.6 Å². The average Bonchev–Trinajstić information content (AvgIpc) is 2.36. The fourth-order valence-electron chi connectivity index (χ4n) is 1.75. The highest BCUT2D eigenvalue weighted by atomic mass is 32.2. The molecule has 2 N–H and O–H groups in total. The van der Waals surface area contributed by atoms with E-state index in [-0.39, 0.29) is 5.91 Å². The van der Waals surface area contributed by atoms with Crippen LogP contribution in [0.2, 0.25) is 0 Å². The first-order valence-electron chi connectivity index (χ1n) is 6.43. The predicted molar refractivity (Wildman–Crippen MR) is 78.7 cm³/mol. The van der Waals surface area contributed by atoms with Crippen LogP contribution in [0.15, 0.2) is 29.2 Å². The Bertz CT molecular complexity index is 378. The van der Waals surface area contributed by atoms with E-state index < -0.39 is 0 Å². The summed E-state index contributed by atoms with van der Waals surface area (Å²) >= 11 is 1.75. The molecule has 1 amide bonds. The second kappa shape index (κ2) is 8.03. The minimum Gasteiger partial charge on any atom is -0.399 e. The van der Waals surface area contributed by atoms with E-state index in [2.05, 4.69) is 0 Å². The number of rotatable bonds is 7. The van der Waals surface area contributed by atoms with E-state index in [1.165, 1.54) is 4.90 Å². The first-order chi connectivity index (χ1) is 8.67. The van der Waals surface area contributed by atoms with Crippen LogP contribution in [0.3, 0.4) is 0 Å². The van der Waals surface area contributed by atoms with Crippen LogP contribution in [0.4, 0.5) is 5.69 Å². The molecular weight excluding hydrogens is 244 g/mol. The van der Waals surface area contributed by atoms with E-state index >= 15 is 0 Å². The van der Waals surface area contributed by atoms with Gasteiger partial charge in [-0.15, -0.1) is 11.8 Å². The summed E-state index contributed by atoms with van der Waals surface area (Å²) in [5, 5.41) is 0. The molecule has 4 heteroatoms. The lowest BCUT2D eigenvalue weighted by Crippen LogP contribution is -2.30. The average molecular weight is 266 g/mol. The normalized spacial score (nSPS) is 10.3. The van der Waals surface area contributed by atoms with Crippen LogP contribution in [0.25, 0.3) is 0 Å². The zero-order chi connectivity index (χ0) is 13.4. The molecule has 0 bridgehead atoms. The SMILES string of the molecule is CCN(CC)C(=O)CCCSc1cccc(N)c1. The first-order valence-corrected chi connectivity index (χ1v) is 7.42. The van der Waals surface area contributed by atoms with Crippen molar-refractivity contribution in [3.8, 4) is 0 Å². The van der Waals surface area contributed by atoms with Gasteiger partial charge in [-0.3, -0.25) is 4.79 Å². The van der Waals surface area contributed by atoms with Gasteiger partial charge in [-0.05, 0) is 44.2 Å². The number of nitrogens with two attached hydrogens (primary N) is 1. The Hall–Kier alpha value is -1.16. The number of benzene rings is 1. The van der Waals surface area contributed by atoms with Crippen LogP contribution in [0, 0.1) is 0 Å². The van der Waals surface area contributed by atoms with E-state index in [1.807, 2.05) is 43.0 Å². The van der Waals surface area contributed by atoms with Crippen LogP contribution in [0.1, 0.15) is 26.7 Å². The van der Waals surface area contributed by atoms with Gasteiger partial charge in [-0.2, -0.15) is 0 Å². The Balaban J connectivity index is 2.24. The molecule has 0 aliphatic heterocycles. The Morgan fingerprint density at radius 2 is 2.06 bits per heavy atom.